The number of carbonyl (C=O) groups excluding carboxylic acids is 1. The fourth-order valence-corrected chi connectivity index (χ4v) is 2.05. The Morgan fingerprint density at radius 2 is 2.26 bits per heavy atom. The van der Waals surface area contributed by atoms with E-state index in [0.717, 1.165) is 12.1 Å². The molecule has 19 heavy (non-hydrogen) atoms. The molecular formula is C14H19N3O2. The molecule has 1 amide bonds. The number of hydrogen-bond donors (Lipinski definition) is 2. The van der Waals surface area contributed by atoms with Gasteiger partial charge < -0.3 is 14.8 Å². The van der Waals surface area contributed by atoms with Gasteiger partial charge in [0.15, 0.2) is 0 Å². The molecule has 1 atom stereocenters. The Morgan fingerprint density at radius 1 is 1.47 bits per heavy atom. The van der Waals surface area contributed by atoms with Crippen molar-refractivity contribution in [3.8, 4) is 0 Å². The van der Waals surface area contributed by atoms with Crippen LogP contribution in [-0.4, -0.2) is 33.0 Å². The number of pyridine rings is 1. The number of aromatic nitrogens is 2. The summed E-state index contributed by atoms with van der Waals surface area (Å²) in [5.74, 6) is 0.168. The number of rotatable bonds is 5. The third-order valence-electron chi connectivity index (χ3n) is 2.91. The first kappa shape index (κ1) is 13.5. The minimum Gasteiger partial charge on any atom is -0.394 e. The third kappa shape index (κ3) is 3.32. The van der Waals surface area contributed by atoms with E-state index in [1.165, 1.54) is 0 Å². The van der Waals surface area contributed by atoms with Gasteiger partial charge in [-0.2, -0.15) is 0 Å². The van der Waals surface area contributed by atoms with Crippen LogP contribution in [0.25, 0.3) is 5.65 Å². The number of aliphatic hydroxyl groups is 1. The van der Waals surface area contributed by atoms with Crippen molar-refractivity contribution in [3.05, 3.63) is 36.3 Å². The van der Waals surface area contributed by atoms with Crippen molar-refractivity contribution in [2.24, 2.45) is 5.92 Å². The Morgan fingerprint density at radius 3 is 2.89 bits per heavy atom. The highest BCUT2D eigenvalue weighted by Crippen LogP contribution is 2.07. The highest BCUT2D eigenvalue weighted by atomic mass is 16.3. The zero-order valence-electron chi connectivity index (χ0n) is 11.2. The van der Waals surface area contributed by atoms with Gasteiger partial charge in [0, 0.05) is 12.4 Å². The Balaban J connectivity index is 2.10. The summed E-state index contributed by atoms with van der Waals surface area (Å²) in [6.07, 6.45) is 4.28. The molecule has 2 rings (SSSR count). The summed E-state index contributed by atoms with van der Waals surface area (Å²) in [6.45, 7) is 4.05. The molecule has 0 spiro atoms. The molecule has 102 valence electrons. The van der Waals surface area contributed by atoms with Crippen LogP contribution < -0.4 is 5.32 Å². The summed E-state index contributed by atoms with van der Waals surface area (Å²) in [5.41, 5.74) is 1.10. The summed E-state index contributed by atoms with van der Waals surface area (Å²) in [5, 5.41) is 12.1. The second kappa shape index (κ2) is 5.84. The standard InChI is InChI=1S/C14H19N3O2/c1-10(2)7-11(9-18)15-14(19)12-8-17-6-4-3-5-13(17)16-12/h3-6,8,10-11,18H,7,9H2,1-2H3,(H,15,19). The summed E-state index contributed by atoms with van der Waals surface area (Å²) in [6, 6.07) is 5.37. The Bertz CT molecular complexity index is 530. The molecule has 0 radical (unpaired) electrons. The lowest BCUT2D eigenvalue weighted by Gasteiger charge is -2.17. The van der Waals surface area contributed by atoms with E-state index in [2.05, 4.69) is 24.1 Å². The van der Waals surface area contributed by atoms with Gasteiger partial charge in [0.1, 0.15) is 11.3 Å². The van der Waals surface area contributed by atoms with Gasteiger partial charge >= 0.3 is 0 Å². The zero-order valence-corrected chi connectivity index (χ0v) is 11.2. The molecule has 2 aromatic rings. The molecule has 1 unspecified atom stereocenters. The largest absolute Gasteiger partial charge is 0.394 e. The molecule has 0 aliphatic heterocycles. The van der Waals surface area contributed by atoms with E-state index in [-0.39, 0.29) is 18.6 Å². The van der Waals surface area contributed by atoms with E-state index in [1.807, 2.05) is 24.4 Å². The maximum absolute atomic E-state index is 12.1. The fraction of sp³-hybridized carbons (Fsp3) is 0.429. The molecule has 5 heteroatoms. The van der Waals surface area contributed by atoms with Gasteiger partial charge in [-0.3, -0.25) is 4.79 Å². The number of nitrogens with one attached hydrogen (secondary N) is 1. The maximum atomic E-state index is 12.1. The summed E-state index contributed by atoms with van der Waals surface area (Å²) >= 11 is 0. The molecule has 2 aromatic heterocycles. The van der Waals surface area contributed by atoms with E-state index in [1.54, 1.807) is 10.6 Å². The summed E-state index contributed by atoms with van der Waals surface area (Å²) in [4.78, 5) is 16.3. The average Bonchev–Trinajstić information content (AvgIpc) is 2.81. The predicted octanol–water partition coefficient (Wildman–Crippen LogP) is 1.47. The molecule has 2 heterocycles. The lowest BCUT2D eigenvalue weighted by Crippen LogP contribution is -2.38. The molecule has 5 nitrogen and oxygen atoms in total. The predicted molar refractivity (Wildman–Crippen MR) is 73.0 cm³/mol. The molecule has 0 aliphatic carbocycles. The Kier molecular flexibility index (Phi) is 4.16. The van der Waals surface area contributed by atoms with Crippen LogP contribution in [0.3, 0.4) is 0 Å². The van der Waals surface area contributed by atoms with Crippen molar-refractivity contribution in [2.75, 3.05) is 6.61 Å². The highest BCUT2D eigenvalue weighted by Gasteiger charge is 2.16. The number of carbonyl (C=O) groups is 1. The first-order valence-corrected chi connectivity index (χ1v) is 6.45. The topological polar surface area (TPSA) is 66.6 Å². The number of amides is 1. The third-order valence-corrected chi connectivity index (χ3v) is 2.91. The number of fused-ring (bicyclic) bond motifs is 1. The van der Waals surface area contributed by atoms with Gasteiger partial charge in [-0.25, -0.2) is 4.98 Å². The van der Waals surface area contributed by atoms with Crippen molar-refractivity contribution >= 4 is 11.6 Å². The van der Waals surface area contributed by atoms with Crippen LogP contribution in [0.5, 0.6) is 0 Å². The van der Waals surface area contributed by atoms with Crippen LogP contribution in [0.4, 0.5) is 0 Å². The number of imidazole rings is 1. The van der Waals surface area contributed by atoms with Gasteiger partial charge in [-0.1, -0.05) is 19.9 Å². The lowest BCUT2D eigenvalue weighted by atomic mass is 10.0. The Labute approximate surface area is 112 Å². The second-order valence-corrected chi connectivity index (χ2v) is 5.07. The van der Waals surface area contributed by atoms with Crippen molar-refractivity contribution in [1.29, 1.82) is 0 Å². The van der Waals surface area contributed by atoms with Gasteiger partial charge in [0.05, 0.1) is 12.6 Å². The molecule has 0 aromatic carbocycles. The van der Waals surface area contributed by atoms with Crippen LogP contribution >= 0.6 is 0 Å². The monoisotopic (exact) mass is 261 g/mol. The van der Waals surface area contributed by atoms with Gasteiger partial charge in [-0.15, -0.1) is 0 Å². The highest BCUT2D eigenvalue weighted by molar-refractivity contribution is 5.93. The lowest BCUT2D eigenvalue weighted by molar-refractivity contribution is 0.0904. The van der Waals surface area contributed by atoms with Crippen LogP contribution in [0.2, 0.25) is 0 Å². The van der Waals surface area contributed by atoms with E-state index in [9.17, 15) is 9.90 Å². The van der Waals surface area contributed by atoms with Crippen molar-refractivity contribution < 1.29 is 9.90 Å². The molecule has 0 bridgehead atoms. The van der Waals surface area contributed by atoms with E-state index < -0.39 is 0 Å². The summed E-state index contributed by atoms with van der Waals surface area (Å²) in [7, 11) is 0. The van der Waals surface area contributed by atoms with Crippen molar-refractivity contribution in [3.63, 3.8) is 0 Å². The second-order valence-electron chi connectivity index (χ2n) is 5.07. The Hall–Kier alpha value is -1.88. The minimum atomic E-state index is -0.247. The SMILES string of the molecule is CC(C)CC(CO)NC(=O)c1cn2ccccc2n1. The molecular weight excluding hydrogens is 242 g/mol. The van der Waals surface area contributed by atoms with Gasteiger partial charge in [0.25, 0.3) is 5.91 Å². The molecule has 0 saturated carbocycles. The zero-order chi connectivity index (χ0) is 13.8. The molecule has 0 saturated heterocycles. The van der Waals surface area contributed by atoms with Gasteiger partial charge in [0.2, 0.25) is 0 Å². The van der Waals surface area contributed by atoms with E-state index >= 15 is 0 Å². The minimum absolute atomic E-state index is 0.0582. The molecule has 0 fully saturated rings. The van der Waals surface area contributed by atoms with Crippen LogP contribution in [-0.2, 0) is 0 Å². The van der Waals surface area contributed by atoms with Gasteiger partial charge in [-0.05, 0) is 24.5 Å². The first-order chi connectivity index (χ1) is 9.10. The molecule has 0 aliphatic rings. The normalized spacial score (nSPS) is 12.8. The van der Waals surface area contributed by atoms with Crippen molar-refractivity contribution in [2.45, 2.75) is 26.3 Å². The first-order valence-electron chi connectivity index (χ1n) is 6.45. The van der Waals surface area contributed by atoms with Crippen LogP contribution in [0, 0.1) is 5.92 Å². The number of hydrogen-bond acceptors (Lipinski definition) is 3. The number of nitrogens with zero attached hydrogens (tertiary/aromatic N) is 2. The fourth-order valence-electron chi connectivity index (χ4n) is 2.05. The quantitative estimate of drug-likeness (QED) is 0.856. The maximum Gasteiger partial charge on any atom is 0.271 e. The van der Waals surface area contributed by atoms with Crippen LogP contribution in [0.15, 0.2) is 30.6 Å². The van der Waals surface area contributed by atoms with Crippen molar-refractivity contribution in [1.82, 2.24) is 14.7 Å². The van der Waals surface area contributed by atoms with E-state index in [0.29, 0.717) is 11.6 Å². The average molecular weight is 261 g/mol. The van der Waals surface area contributed by atoms with E-state index in [4.69, 9.17) is 0 Å². The summed E-state index contributed by atoms with van der Waals surface area (Å²) < 4.78 is 1.80. The van der Waals surface area contributed by atoms with Crippen LogP contribution in [0.1, 0.15) is 30.8 Å². The molecule has 2 N–H and O–H groups in total. The number of aliphatic hydroxyl groups excluding tert-OH is 1. The smallest absolute Gasteiger partial charge is 0.271 e.